The van der Waals surface area contributed by atoms with Crippen molar-refractivity contribution in [3.8, 4) is 0 Å². The Kier molecular flexibility index (Phi) is 4.20. The van der Waals surface area contributed by atoms with E-state index in [0.29, 0.717) is 12.2 Å². The number of likely N-dealkylation sites (tertiary alicyclic amines) is 1. The van der Waals surface area contributed by atoms with Crippen LogP contribution in [0.25, 0.3) is 0 Å². The van der Waals surface area contributed by atoms with Crippen LogP contribution in [0.15, 0.2) is 24.3 Å². The SMILES string of the molecule is Cc1ccc(NC(=O)C(=O)N2CCCCC2C)cc1. The Hall–Kier alpha value is -1.84. The molecule has 0 spiro atoms. The molecule has 4 nitrogen and oxygen atoms in total. The molecule has 0 aromatic heterocycles. The summed E-state index contributed by atoms with van der Waals surface area (Å²) in [6.07, 6.45) is 3.09. The summed E-state index contributed by atoms with van der Waals surface area (Å²) >= 11 is 0. The van der Waals surface area contributed by atoms with E-state index in [1.54, 1.807) is 17.0 Å². The molecule has 1 aliphatic heterocycles. The molecule has 19 heavy (non-hydrogen) atoms. The van der Waals surface area contributed by atoms with Crippen LogP contribution in [0, 0.1) is 6.92 Å². The molecule has 0 aliphatic carbocycles. The zero-order valence-electron chi connectivity index (χ0n) is 11.5. The van der Waals surface area contributed by atoms with Crippen molar-refractivity contribution >= 4 is 17.5 Å². The van der Waals surface area contributed by atoms with Gasteiger partial charge in [-0.2, -0.15) is 0 Å². The average molecular weight is 260 g/mol. The number of nitrogens with zero attached hydrogens (tertiary/aromatic N) is 1. The van der Waals surface area contributed by atoms with E-state index in [9.17, 15) is 9.59 Å². The lowest BCUT2D eigenvalue weighted by molar-refractivity contribution is -0.145. The summed E-state index contributed by atoms with van der Waals surface area (Å²) < 4.78 is 0. The van der Waals surface area contributed by atoms with Crippen LogP contribution in [-0.4, -0.2) is 29.3 Å². The summed E-state index contributed by atoms with van der Waals surface area (Å²) in [5, 5.41) is 2.66. The van der Waals surface area contributed by atoms with Gasteiger partial charge in [-0.3, -0.25) is 9.59 Å². The number of amides is 2. The van der Waals surface area contributed by atoms with Crippen LogP contribution in [-0.2, 0) is 9.59 Å². The number of aryl methyl sites for hydroxylation is 1. The highest BCUT2D eigenvalue weighted by molar-refractivity contribution is 6.39. The predicted octanol–water partition coefficient (Wildman–Crippen LogP) is 2.33. The predicted molar refractivity (Wildman–Crippen MR) is 74.8 cm³/mol. The third-order valence-electron chi connectivity index (χ3n) is 3.57. The topological polar surface area (TPSA) is 49.4 Å². The van der Waals surface area contributed by atoms with Crippen molar-refractivity contribution in [3.63, 3.8) is 0 Å². The Bertz CT molecular complexity index is 468. The molecule has 2 rings (SSSR count). The third kappa shape index (κ3) is 3.34. The maximum Gasteiger partial charge on any atom is 0.313 e. The Morgan fingerprint density at radius 3 is 2.53 bits per heavy atom. The van der Waals surface area contributed by atoms with Crippen molar-refractivity contribution in [2.24, 2.45) is 0 Å². The van der Waals surface area contributed by atoms with Crippen LogP contribution in [0.4, 0.5) is 5.69 Å². The van der Waals surface area contributed by atoms with Gasteiger partial charge in [-0.25, -0.2) is 0 Å². The van der Waals surface area contributed by atoms with Crippen molar-refractivity contribution in [1.29, 1.82) is 0 Å². The molecule has 1 aliphatic rings. The molecule has 1 fully saturated rings. The first-order valence-electron chi connectivity index (χ1n) is 6.76. The maximum atomic E-state index is 12.1. The molecular formula is C15H20N2O2. The molecule has 1 atom stereocenters. The molecule has 1 unspecified atom stereocenters. The first kappa shape index (κ1) is 13.6. The number of carbonyl (C=O) groups is 2. The van der Waals surface area contributed by atoms with Crippen LogP contribution in [0.5, 0.6) is 0 Å². The second kappa shape index (κ2) is 5.87. The van der Waals surface area contributed by atoms with Crippen molar-refractivity contribution in [2.45, 2.75) is 39.2 Å². The maximum absolute atomic E-state index is 12.1. The molecule has 0 saturated carbocycles. The highest BCUT2D eigenvalue weighted by Crippen LogP contribution is 2.17. The zero-order valence-corrected chi connectivity index (χ0v) is 11.5. The van der Waals surface area contributed by atoms with Crippen LogP contribution >= 0.6 is 0 Å². The van der Waals surface area contributed by atoms with Gasteiger partial charge in [0, 0.05) is 18.3 Å². The fourth-order valence-corrected chi connectivity index (χ4v) is 2.35. The van der Waals surface area contributed by atoms with Crippen molar-refractivity contribution in [1.82, 2.24) is 4.90 Å². The van der Waals surface area contributed by atoms with Gasteiger partial charge in [-0.15, -0.1) is 0 Å². The smallest absolute Gasteiger partial charge is 0.313 e. The Morgan fingerprint density at radius 2 is 1.89 bits per heavy atom. The summed E-state index contributed by atoms with van der Waals surface area (Å²) in [5.41, 5.74) is 1.78. The van der Waals surface area contributed by atoms with Crippen LogP contribution in [0.2, 0.25) is 0 Å². The highest BCUT2D eigenvalue weighted by Gasteiger charge is 2.27. The summed E-state index contributed by atoms with van der Waals surface area (Å²) in [5.74, 6) is -0.967. The van der Waals surface area contributed by atoms with Crippen LogP contribution in [0.1, 0.15) is 31.7 Å². The lowest BCUT2D eigenvalue weighted by Crippen LogP contribution is -2.47. The van der Waals surface area contributed by atoms with E-state index >= 15 is 0 Å². The van der Waals surface area contributed by atoms with Crippen molar-refractivity contribution in [2.75, 3.05) is 11.9 Å². The molecule has 4 heteroatoms. The van der Waals surface area contributed by atoms with Gasteiger partial charge in [0.2, 0.25) is 0 Å². The van der Waals surface area contributed by atoms with Crippen LogP contribution in [0.3, 0.4) is 0 Å². The second-order valence-electron chi connectivity index (χ2n) is 5.16. The molecule has 1 heterocycles. The zero-order chi connectivity index (χ0) is 13.8. The van der Waals surface area contributed by atoms with E-state index in [4.69, 9.17) is 0 Å². The number of carbonyl (C=O) groups excluding carboxylic acids is 2. The van der Waals surface area contributed by atoms with Gasteiger partial charge in [0.15, 0.2) is 0 Å². The first-order valence-corrected chi connectivity index (χ1v) is 6.76. The Morgan fingerprint density at radius 1 is 1.21 bits per heavy atom. The minimum atomic E-state index is -0.544. The Labute approximate surface area is 113 Å². The van der Waals surface area contributed by atoms with E-state index in [0.717, 1.165) is 24.8 Å². The van der Waals surface area contributed by atoms with Crippen molar-refractivity contribution in [3.05, 3.63) is 29.8 Å². The molecule has 0 radical (unpaired) electrons. The van der Waals surface area contributed by atoms with Gasteiger partial charge in [-0.05, 0) is 45.2 Å². The summed E-state index contributed by atoms with van der Waals surface area (Å²) in [6, 6.07) is 7.58. The second-order valence-corrected chi connectivity index (χ2v) is 5.16. The molecule has 1 aromatic carbocycles. The third-order valence-corrected chi connectivity index (χ3v) is 3.57. The van der Waals surface area contributed by atoms with E-state index in [2.05, 4.69) is 5.32 Å². The van der Waals surface area contributed by atoms with Gasteiger partial charge >= 0.3 is 11.8 Å². The summed E-state index contributed by atoms with van der Waals surface area (Å²) in [4.78, 5) is 25.7. The van der Waals surface area contributed by atoms with Crippen molar-refractivity contribution < 1.29 is 9.59 Å². The number of hydrogen-bond donors (Lipinski definition) is 1. The largest absolute Gasteiger partial charge is 0.332 e. The minimum absolute atomic E-state index is 0.157. The van der Waals surface area contributed by atoms with Crippen LogP contribution < -0.4 is 5.32 Å². The highest BCUT2D eigenvalue weighted by atomic mass is 16.2. The number of rotatable bonds is 1. The Balaban J connectivity index is 1.99. The lowest BCUT2D eigenvalue weighted by atomic mass is 10.0. The monoisotopic (exact) mass is 260 g/mol. The molecule has 2 amide bonds. The van der Waals surface area contributed by atoms with Gasteiger partial charge in [0.05, 0.1) is 0 Å². The fourth-order valence-electron chi connectivity index (χ4n) is 2.35. The van der Waals surface area contributed by atoms with Gasteiger partial charge in [0.25, 0.3) is 0 Å². The lowest BCUT2D eigenvalue weighted by Gasteiger charge is -2.32. The molecule has 1 saturated heterocycles. The number of hydrogen-bond acceptors (Lipinski definition) is 2. The molecule has 1 N–H and O–H groups in total. The average Bonchev–Trinajstić information content (AvgIpc) is 2.41. The van der Waals surface area contributed by atoms with E-state index in [1.807, 2.05) is 26.0 Å². The normalized spacial score (nSPS) is 19.1. The van der Waals surface area contributed by atoms with Gasteiger partial charge in [-0.1, -0.05) is 17.7 Å². The number of anilines is 1. The number of nitrogens with one attached hydrogen (secondary N) is 1. The molecular weight excluding hydrogens is 240 g/mol. The quantitative estimate of drug-likeness (QED) is 0.788. The number of piperidine rings is 1. The molecule has 0 bridgehead atoms. The number of benzene rings is 1. The summed E-state index contributed by atoms with van der Waals surface area (Å²) in [7, 11) is 0. The van der Waals surface area contributed by atoms with E-state index in [1.165, 1.54) is 0 Å². The molecule has 102 valence electrons. The van der Waals surface area contributed by atoms with E-state index < -0.39 is 11.8 Å². The minimum Gasteiger partial charge on any atom is -0.332 e. The first-order chi connectivity index (χ1) is 9.08. The van der Waals surface area contributed by atoms with Gasteiger partial charge < -0.3 is 10.2 Å². The summed E-state index contributed by atoms with van der Waals surface area (Å²) in [6.45, 7) is 4.66. The fraction of sp³-hybridized carbons (Fsp3) is 0.467. The molecule has 1 aromatic rings. The standard InChI is InChI=1S/C15H20N2O2/c1-11-6-8-13(9-7-11)16-14(18)15(19)17-10-4-3-5-12(17)2/h6-9,12H,3-5,10H2,1-2H3,(H,16,18). The van der Waals surface area contributed by atoms with Gasteiger partial charge in [0.1, 0.15) is 0 Å². The van der Waals surface area contributed by atoms with E-state index in [-0.39, 0.29) is 6.04 Å².